The maximum absolute atomic E-state index is 11.3. The molecule has 0 aliphatic heterocycles. The highest BCUT2D eigenvalue weighted by molar-refractivity contribution is 5.74. The Kier molecular flexibility index (Phi) is 6.42. The van der Waals surface area contributed by atoms with Crippen molar-refractivity contribution in [1.29, 1.82) is 0 Å². The molecule has 0 radical (unpaired) electrons. The number of aliphatic carboxylic acids is 1. The van der Waals surface area contributed by atoms with E-state index in [2.05, 4.69) is 5.32 Å². The van der Waals surface area contributed by atoms with Gasteiger partial charge in [0, 0.05) is 13.0 Å². The summed E-state index contributed by atoms with van der Waals surface area (Å²) in [5, 5.41) is 12.0. The Morgan fingerprint density at radius 3 is 2.40 bits per heavy atom. The Morgan fingerprint density at radius 2 is 1.95 bits per heavy atom. The normalized spacial score (nSPS) is 30.2. The van der Waals surface area contributed by atoms with E-state index in [1.54, 1.807) is 0 Å². The summed E-state index contributed by atoms with van der Waals surface area (Å²) in [5.41, 5.74) is 6.05. The van der Waals surface area contributed by atoms with E-state index in [-0.39, 0.29) is 24.2 Å². The van der Waals surface area contributed by atoms with Crippen LogP contribution in [0, 0.1) is 5.92 Å². The van der Waals surface area contributed by atoms with Gasteiger partial charge in [-0.05, 0) is 25.7 Å². The third-order valence-corrected chi connectivity index (χ3v) is 3.93. The molecule has 6 heteroatoms. The molecule has 6 nitrogen and oxygen atoms in total. The number of ether oxygens (including phenoxy) is 1. The first-order valence-electron chi connectivity index (χ1n) is 7.29. The van der Waals surface area contributed by atoms with Gasteiger partial charge < -0.3 is 20.9 Å². The number of hydrogen-bond donors (Lipinski definition) is 3. The number of carboxylic acids is 1. The number of hydrogen-bond acceptors (Lipinski definition) is 4. The van der Waals surface area contributed by atoms with Crippen molar-refractivity contribution in [2.24, 2.45) is 11.7 Å². The van der Waals surface area contributed by atoms with E-state index < -0.39 is 17.9 Å². The Balaban J connectivity index is 2.83. The fraction of sp³-hybridized carbons (Fsp3) is 0.857. The average Bonchev–Trinajstić information content (AvgIpc) is 2.38. The second kappa shape index (κ2) is 7.59. The smallest absolute Gasteiger partial charge is 0.306 e. The minimum Gasteiger partial charge on any atom is -0.481 e. The molecule has 0 heterocycles. The topological polar surface area (TPSA) is 102 Å². The minimum absolute atomic E-state index is 0.0657. The molecule has 4 N–H and O–H groups in total. The highest BCUT2D eigenvalue weighted by atomic mass is 16.5. The Bertz CT molecular complexity index is 344. The lowest BCUT2D eigenvalue weighted by Gasteiger charge is -2.40. The van der Waals surface area contributed by atoms with Crippen molar-refractivity contribution in [3.8, 4) is 0 Å². The number of carbonyl (C=O) groups is 2. The van der Waals surface area contributed by atoms with E-state index in [9.17, 15) is 14.7 Å². The molecular weight excluding hydrogens is 260 g/mol. The number of carboxylic acid groups (broad SMARTS) is 1. The molecule has 0 spiro atoms. The van der Waals surface area contributed by atoms with Crippen LogP contribution in [0.2, 0.25) is 0 Å². The fourth-order valence-electron chi connectivity index (χ4n) is 2.78. The van der Waals surface area contributed by atoms with Crippen molar-refractivity contribution in [2.45, 2.75) is 70.7 Å². The van der Waals surface area contributed by atoms with E-state index in [1.165, 1.54) is 6.92 Å². The number of rotatable bonds is 6. The first kappa shape index (κ1) is 16.9. The van der Waals surface area contributed by atoms with Gasteiger partial charge in [-0.1, -0.05) is 13.8 Å². The lowest BCUT2D eigenvalue weighted by Crippen LogP contribution is -2.59. The molecule has 1 aliphatic rings. The van der Waals surface area contributed by atoms with Crippen LogP contribution in [0.25, 0.3) is 0 Å². The van der Waals surface area contributed by atoms with Crippen LogP contribution in [0.4, 0.5) is 0 Å². The molecule has 20 heavy (non-hydrogen) atoms. The van der Waals surface area contributed by atoms with Crippen LogP contribution in [-0.2, 0) is 14.3 Å². The van der Waals surface area contributed by atoms with E-state index in [0.717, 1.165) is 12.8 Å². The second-order valence-corrected chi connectivity index (χ2v) is 5.51. The third kappa shape index (κ3) is 4.45. The van der Waals surface area contributed by atoms with Crippen LogP contribution in [0.3, 0.4) is 0 Å². The van der Waals surface area contributed by atoms with Crippen LogP contribution in [-0.4, -0.2) is 41.3 Å². The first-order valence-corrected chi connectivity index (χ1v) is 7.29. The maximum Gasteiger partial charge on any atom is 0.306 e. The highest BCUT2D eigenvalue weighted by Gasteiger charge is 2.40. The van der Waals surface area contributed by atoms with E-state index in [4.69, 9.17) is 10.5 Å². The summed E-state index contributed by atoms with van der Waals surface area (Å²) in [6.45, 7) is 5.49. The molecule has 0 bridgehead atoms. The number of carbonyl (C=O) groups excluding carboxylic acids is 1. The molecule has 1 aliphatic carbocycles. The van der Waals surface area contributed by atoms with Gasteiger partial charge >= 0.3 is 5.97 Å². The molecular formula is C14H26N2O4. The van der Waals surface area contributed by atoms with Crippen molar-refractivity contribution >= 4 is 11.9 Å². The summed E-state index contributed by atoms with van der Waals surface area (Å²) in [6, 6.07) is -0.711. The van der Waals surface area contributed by atoms with Gasteiger partial charge in [0.05, 0.1) is 24.2 Å². The molecule has 1 unspecified atom stereocenters. The average molecular weight is 286 g/mol. The van der Waals surface area contributed by atoms with Crippen molar-refractivity contribution in [3.63, 3.8) is 0 Å². The Morgan fingerprint density at radius 1 is 1.35 bits per heavy atom. The molecule has 1 fully saturated rings. The zero-order valence-electron chi connectivity index (χ0n) is 12.5. The lowest BCUT2D eigenvalue weighted by molar-refractivity contribution is -0.147. The quantitative estimate of drug-likeness (QED) is 0.673. The van der Waals surface area contributed by atoms with Crippen LogP contribution < -0.4 is 11.1 Å². The third-order valence-electron chi connectivity index (χ3n) is 3.93. The van der Waals surface area contributed by atoms with Crippen molar-refractivity contribution in [1.82, 2.24) is 5.32 Å². The van der Waals surface area contributed by atoms with Crippen molar-refractivity contribution in [3.05, 3.63) is 0 Å². The lowest BCUT2D eigenvalue weighted by atomic mass is 9.80. The van der Waals surface area contributed by atoms with Crippen LogP contribution in [0.5, 0.6) is 0 Å². The maximum atomic E-state index is 11.3. The summed E-state index contributed by atoms with van der Waals surface area (Å²) < 4.78 is 6.00. The van der Waals surface area contributed by atoms with Gasteiger partial charge in [0.15, 0.2) is 0 Å². The van der Waals surface area contributed by atoms with Gasteiger partial charge in [0.2, 0.25) is 5.91 Å². The number of nitrogens with two attached hydrogens (primary N) is 1. The Labute approximate surface area is 120 Å². The Hall–Kier alpha value is -1.14. The monoisotopic (exact) mass is 286 g/mol. The molecule has 1 rings (SSSR count). The van der Waals surface area contributed by atoms with Gasteiger partial charge in [-0.3, -0.25) is 9.59 Å². The summed E-state index contributed by atoms with van der Waals surface area (Å²) >= 11 is 0. The molecule has 0 aromatic rings. The number of nitrogens with one attached hydrogen (secondary N) is 1. The van der Waals surface area contributed by atoms with Crippen molar-refractivity contribution in [2.75, 3.05) is 0 Å². The largest absolute Gasteiger partial charge is 0.481 e. The first-order chi connectivity index (χ1) is 9.38. The molecule has 0 saturated heterocycles. The second-order valence-electron chi connectivity index (χ2n) is 5.51. The van der Waals surface area contributed by atoms with Gasteiger partial charge in [0.1, 0.15) is 0 Å². The van der Waals surface area contributed by atoms with E-state index in [1.807, 2.05) is 13.8 Å². The molecule has 1 saturated carbocycles. The van der Waals surface area contributed by atoms with Crippen LogP contribution in [0.1, 0.15) is 46.5 Å². The summed E-state index contributed by atoms with van der Waals surface area (Å²) in [5.74, 6) is -1.52. The van der Waals surface area contributed by atoms with Crippen LogP contribution in [0.15, 0.2) is 0 Å². The predicted octanol–water partition coefficient (Wildman–Crippen LogP) is 0.887. The molecule has 1 amide bonds. The minimum atomic E-state index is -0.847. The molecule has 4 atom stereocenters. The SMILES string of the molecule is CCC(CC)O[C@@H]1CC(C(=O)O)C[C@H](N)[C@H]1NC(C)=O. The van der Waals surface area contributed by atoms with Gasteiger partial charge in [-0.2, -0.15) is 0 Å². The van der Waals surface area contributed by atoms with Gasteiger partial charge in [-0.15, -0.1) is 0 Å². The molecule has 0 aromatic heterocycles. The van der Waals surface area contributed by atoms with Crippen molar-refractivity contribution < 1.29 is 19.4 Å². The fourth-order valence-corrected chi connectivity index (χ4v) is 2.78. The van der Waals surface area contributed by atoms with Gasteiger partial charge in [-0.25, -0.2) is 0 Å². The predicted molar refractivity (Wildman–Crippen MR) is 75.2 cm³/mol. The molecule has 116 valence electrons. The standard InChI is InChI=1S/C14H26N2O4/c1-4-10(5-2)20-12-7-9(14(18)19)6-11(15)13(12)16-8(3)17/h9-13H,4-7,15H2,1-3H3,(H,16,17)(H,18,19)/t9?,11-,12+,13+/m0/s1. The van der Waals surface area contributed by atoms with Crippen LogP contribution >= 0.6 is 0 Å². The zero-order valence-corrected chi connectivity index (χ0v) is 12.5. The van der Waals surface area contributed by atoms with E-state index in [0.29, 0.717) is 12.8 Å². The zero-order chi connectivity index (χ0) is 15.3. The summed E-state index contributed by atoms with van der Waals surface area (Å²) in [7, 11) is 0. The van der Waals surface area contributed by atoms with E-state index >= 15 is 0 Å². The highest BCUT2D eigenvalue weighted by Crippen LogP contribution is 2.28. The number of amides is 1. The molecule has 0 aromatic carbocycles. The summed E-state index contributed by atoms with van der Waals surface area (Å²) in [4.78, 5) is 22.5. The van der Waals surface area contributed by atoms with Gasteiger partial charge in [0.25, 0.3) is 0 Å². The summed E-state index contributed by atoms with van der Waals surface area (Å²) in [6.07, 6.45) is 2.19.